The molecule has 1 atom stereocenters. The highest BCUT2D eigenvalue weighted by atomic mass is 15.1. The van der Waals surface area contributed by atoms with Crippen molar-refractivity contribution < 1.29 is 4.90 Å². The molecular weight excluding hydrogens is 835 g/mol. The van der Waals surface area contributed by atoms with Crippen LogP contribution >= 0.6 is 0 Å². The number of benzene rings is 12. The lowest BCUT2D eigenvalue weighted by atomic mass is 9.94. The Kier molecular flexibility index (Phi) is 8.98. The molecule has 0 saturated heterocycles. The minimum Gasteiger partial charge on any atom is -0.309 e. The molecule has 322 valence electrons. The molecule has 0 aliphatic rings. The van der Waals surface area contributed by atoms with E-state index in [4.69, 9.17) is 0 Å². The summed E-state index contributed by atoms with van der Waals surface area (Å²) in [6.07, 6.45) is 0. The normalized spacial score (nSPS) is 12.3. The molecule has 0 fully saturated rings. The monoisotopic (exact) mass is 878 g/mol. The first kappa shape index (κ1) is 39.2. The zero-order chi connectivity index (χ0) is 45.4. The first-order chi connectivity index (χ1) is 34.2. The Morgan fingerprint density at radius 1 is 0.203 bits per heavy atom. The van der Waals surface area contributed by atoms with E-state index >= 15 is 0 Å². The molecule has 14 rings (SSSR count). The number of fused-ring (bicyclic) bond motifs is 12. The summed E-state index contributed by atoms with van der Waals surface area (Å²) >= 11 is 0. The van der Waals surface area contributed by atoms with Gasteiger partial charge in [-0.1, -0.05) is 146 Å². The van der Waals surface area contributed by atoms with Gasteiger partial charge in [-0.3, -0.25) is 0 Å². The quantitative estimate of drug-likeness (QED) is 0.153. The third kappa shape index (κ3) is 6.33. The first-order valence-electron chi connectivity index (χ1n) is 23.8. The predicted octanol–water partition coefficient (Wildman–Crippen LogP) is 16.9. The van der Waals surface area contributed by atoms with Crippen LogP contribution in [0.25, 0.3) is 110 Å². The fraction of sp³-hybridized carbons (Fsp3) is 0. The molecule has 2 aromatic heterocycles. The number of quaternary nitrogens is 1. The third-order valence-corrected chi connectivity index (χ3v) is 14.4. The lowest BCUT2D eigenvalue weighted by molar-refractivity contribution is -0.681. The Morgan fingerprint density at radius 2 is 0.551 bits per heavy atom. The molecule has 3 heteroatoms. The second-order valence-electron chi connectivity index (χ2n) is 18.2. The van der Waals surface area contributed by atoms with Gasteiger partial charge in [-0.25, -0.2) is 4.90 Å². The van der Waals surface area contributed by atoms with Crippen molar-refractivity contribution in [1.82, 2.24) is 9.13 Å². The topological polar surface area (TPSA) is 14.3 Å². The molecule has 0 amide bonds. The highest BCUT2D eigenvalue weighted by Crippen LogP contribution is 2.41. The standard InChI is InChI=1S/C66H43N3/c1-3-15-44(16-4-1)45-27-32-49(33-28-45)67(48-17-5-2-6-18-48)50-34-29-46(30-35-50)47-31-39-65-61(41-47)62-43-52(68-63-25-13-11-23-58(63)59-24-12-14-26-64(59)68)37-40-66(62)69(65)51-36-38-57-55-21-8-7-19-53(55)54-20-9-10-22-56(54)60(57)42-51/h1-43H/p+1. The van der Waals surface area contributed by atoms with Crippen LogP contribution in [0.15, 0.2) is 261 Å². The Labute approximate surface area is 399 Å². The zero-order valence-electron chi connectivity index (χ0n) is 37.7. The van der Waals surface area contributed by atoms with E-state index in [0.29, 0.717) is 0 Å². The van der Waals surface area contributed by atoms with Crippen molar-refractivity contribution in [2.24, 2.45) is 0 Å². The van der Waals surface area contributed by atoms with Crippen molar-refractivity contribution in [3.8, 4) is 33.6 Å². The highest BCUT2D eigenvalue weighted by molar-refractivity contribution is 6.25. The fourth-order valence-corrected chi connectivity index (χ4v) is 11.2. The molecule has 0 radical (unpaired) electrons. The van der Waals surface area contributed by atoms with E-state index in [0.717, 1.165) is 11.4 Å². The van der Waals surface area contributed by atoms with Gasteiger partial charge in [0.15, 0.2) is 0 Å². The molecule has 0 spiro atoms. The summed E-state index contributed by atoms with van der Waals surface area (Å²) in [5, 5.41) is 12.6. The Morgan fingerprint density at radius 3 is 1.12 bits per heavy atom. The second kappa shape index (κ2) is 15.8. The average Bonchev–Trinajstić information content (AvgIpc) is 3.94. The molecule has 12 aromatic carbocycles. The van der Waals surface area contributed by atoms with Crippen molar-refractivity contribution in [2.75, 3.05) is 0 Å². The van der Waals surface area contributed by atoms with Gasteiger partial charge >= 0.3 is 0 Å². The number of para-hydroxylation sites is 3. The Hall–Kier alpha value is -9.02. The molecule has 1 unspecified atom stereocenters. The molecule has 1 N–H and O–H groups in total. The second-order valence-corrected chi connectivity index (χ2v) is 18.2. The molecular formula is C66H44N3+. The van der Waals surface area contributed by atoms with Gasteiger partial charge in [0.25, 0.3) is 0 Å². The van der Waals surface area contributed by atoms with Crippen molar-refractivity contribution >= 4 is 93.0 Å². The summed E-state index contributed by atoms with van der Waals surface area (Å²) in [7, 11) is 0. The van der Waals surface area contributed by atoms with Crippen LogP contribution in [0, 0.1) is 0 Å². The van der Waals surface area contributed by atoms with Crippen LogP contribution in [0.2, 0.25) is 0 Å². The van der Waals surface area contributed by atoms with Crippen molar-refractivity contribution in [2.45, 2.75) is 0 Å². The van der Waals surface area contributed by atoms with Crippen LogP contribution in [-0.2, 0) is 0 Å². The number of nitrogens with one attached hydrogen (secondary N) is 1. The Bertz CT molecular complexity index is 4190. The van der Waals surface area contributed by atoms with Gasteiger partial charge in [0.2, 0.25) is 0 Å². The van der Waals surface area contributed by atoms with E-state index in [1.165, 1.54) is 120 Å². The third-order valence-electron chi connectivity index (χ3n) is 14.4. The van der Waals surface area contributed by atoms with Crippen LogP contribution in [0.3, 0.4) is 0 Å². The Balaban J connectivity index is 0.940. The molecule has 0 aliphatic heterocycles. The molecule has 0 bridgehead atoms. The molecule has 14 aromatic rings. The van der Waals surface area contributed by atoms with Crippen LogP contribution in [0.5, 0.6) is 0 Å². The van der Waals surface area contributed by atoms with Gasteiger partial charge < -0.3 is 9.13 Å². The molecule has 0 saturated carbocycles. The maximum Gasteiger partial charge on any atom is 0.141 e. The van der Waals surface area contributed by atoms with Gasteiger partial charge in [-0.05, 0) is 146 Å². The largest absolute Gasteiger partial charge is 0.309 e. The fourth-order valence-electron chi connectivity index (χ4n) is 11.2. The number of hydrogen-bond donors (Lipinski definition) is 1. The highest BCUT2D eigenvalue weighted by Gasteiger charge is 2.21. The van der Waals surface area contributed by atoms with E-state index in [-0.39, 0.29) is 0 Å². The molecule has 3 nitrogen and oxygen atoms in total. The van der Waals surface area contributed by atoms with Crippen LogP contribution < -0.4 is 4.90 Å². The van der Waals surface area contributed by atoms with Crippen molar-refractivity contribution in [3.05, 3.63) is 261 Å². The van der Waals surface area contributed by atoms with Crippen molar-refractivity contribution in [1.29, 1.82) is 0 Å². The van der Waals surface area contributed by atoms with Gasteiger partial charge in [0.05, 0.1) is 22.1 Å². The molecule has 69 heavy (non-hydrogen) atoms. The zero-order valence-corrected chi connectivity index (χ0v) is 37.7. The van der Waals surface area contributed by atoms with E-state index in [1.807, 2.05) is 0 Å². The van der Waals surface area contributed by atoms with Crippen LogP contribution in [0.4, 0.5) is 17.1 Å². The number of rotatable bonds is 7. The summed E-state index contributed by atoms with van der Waals surface area (Å²) in [6, 6.07) is 95.9. The van der Waals surface area contributed by atoms with E-state index in [2.05, 4.69) is 270 Å². The number of aromatic nitrogens is 2. The molecule has 2 heterocycles. The lowest BCUT2D eigenvalue weighted by Gasteiger charge is -2.19. The summed E-state index contributed by atoms with van der Waals surface area (Å²) in [4.78, 5) is 1.22. The predicted molar refractivity (Wildman–Crippen MR) is 291 cm³/mol. The summed E-state index contributed by atoms with van der Waals surface area (Å²) in [5.74, 6) is 0. The summed E-state index contributed by atoms with van der Waals surface area (Å²) in [6.45, 7) is 0. The van der Waals surface area contributed by atoms with E-state index in [9.17, 15) is 0 Å². The van der Waals surface area contributed by atoms with E-state index < -0.39 is 0 Å². The SMILES string of the molecule is c1ccc(-c2ccc([NH+](c3ccccc3)c3ccc(-c4ccc5c(c4)c4cc(-n6c7ccccc7c7ccccc76)ccc4n5-c4ccc5c6ccccc6c6ccccc6c5c4)cc3)cc2)cc1. The van der Waals surface area contributed by atoms with E-state index in [1.54, 1.807) is 0 Å². The minimum atomic E-state index is 1.14. The maximum absolute atomic E-state index is 2.47. The van der Waals surface area contributed by atoms with Crippen molar-refractivity contribution in [3.63, 3.8) is 0 Å². The van der Waals surface area contributed by atoms with Gasteiger partial charge in [-0.2, -0.15) is 0 Å². The van der Waals surface area contributed by atoms with Gasteiger partial charge in [-0.15, -0.1) is 0 Å². The number of nitrogens with zero attached hydrogens (tertiary/aromatic N) is 2. The average molecular weight is 879 g/mol. The maximum atomic E-state index is 2.47. The van der Waals surface area contributed by atoms with Crippen LogP contribution in [-0.4, -0.2) is 9.13 Å². The first-order valence-corrected chi connectivity index (χ1v) is 23.8. The summed E-state index contributed by atoms with van der Waals surface area (Å²) < 4.78 is 4.90. The minimum absolute atomic E-state index is 1.14. The number of hydrogen-bond acceptors (Lipinski definition) is 0. The summed E-state index contributed by atoms with van der Waals surface area (Å²) in [5.41, 5.74) is 15.4. The lowest BCUT2D eigenvalue weighted by Crippen LogP contribution is -2.96. The molecule has 0 aliphatic carbocycles. The van der Waals surface area contributed by atoms with Gasteiger partial charge in [0, 0.05) is 57.2 Å². The van der Waals surface area contributed by atoms with Crippen LogP contribution in [0.1, 0.15) is 0 Å². The van der Waals surface area contributed by atoms with Gasteiger partial charge in [0.1, 0.15) is 17.1 Å². The smallest absolute Gasteiger partial charge is 0.141 e.